The van der Waals surface area contributed by atoms with Gasteiger partial charge in [0.05, 0.1) is 5.56 Å². The molecule has 94 valence electrons. The third-order valence-electron chi connectivity index (χ3n) is 3.40. The molecule has 0 unspecified atom stereocenters. The van der Waals surface area contributed by atoms with Crippen LogP contribution in [0.2, 0.25) is 0 Å². The zero-order valence-corrected chi connectivity index (χ0v) is 12.2. The second-order valence-electron chi connectivity index (χ2n) is 4.16. The Morgan fingerprint density at radius 2 is 1.88 bits per heavy atom. The highest BCUT2D eigenvalue weighted by atomic mass is 79.9. The third kappa shape index (κ3) is 3.53. The van der Waals surface area contributed by atoms with Gasteiger partial charge in [-0.2, -0.15) is 0 Å². The van der Waals surface area contributed by atoms with Crippen LogP contribution in [0.4, 0.5) is 0 Å². The number of nitrogens with zero attached hydrogens (tertiary/aromatic N) is 1. The number of nitrogens with one attached hydrogen (secondary N) is 1. The molecule has 0 aliphatic carbocycles. The fraction of sp³-hybridized carbons (Fsp3) is 0.538. The van der Waals surface area contributed by atoms with Gasteiger partial charge in [-0.3, -0.25) is 4.79 Å². The monoisotopic (exact) mass is 298 g/mol. The number of carbonyl (C=O) groups is 1. The van der Waals surface area contributed by atoms with Crippen LogP contribution in [0.5, 0.6) is 0 Å². The summed E-state index contributed by atoms with van der Waals surface area (Å²) in [5.41, 5.74) is 0.511. The molecule has 1 N–H and O–H groups in total. The summed E-state index contributed by atoms with van der Waals surface area (Å²) in [5, 5.41) is 3.12. The summed E-state index contributed by atoms with van der Waals surface area (Å²) in [5.74, 6) is -0.0458. The third-order valence-corrected chi connectivity index (χ3v) is 3.87. The number of rotatable bonds is 5. The first-order valence-electron chi connectivity index (χ1n) is 6.01. The second kappa shape index (κ2) is 6.15. The molecule has 1 aromatic heterocycles. The summed E-state index contributed by atoms with van der Waals surface area (Å²) >= 11 is 3.25. The number of halogens is 1. The SMILES string of the molecule is CCC(CC)(CC)NC(=O)c1ccc(Br)nc1. The van der Waals surface area contributed by atoms with Crippen molar-refractivity contribution in [1.82, 2.24) is 10.3 Å². The van der Waals surface area contributed by atoms with Gasteiger partial charge in [0.25, 0.3) is 5.91 Å². The van der Waals surface area contributed by atoms with Crippen LogP contribution in [0.3, 0.4) is 0 Å². The zero-order valence-electron chi connectivity index (χ0n) is 10.6. The van der Waals surface area contributed by atoms with Gasteiger partial charge in [0, 0.05) is 11.7 Å². The average molecular weight is 299 g/mol. The topological polar surface area (TPSA) is 42.0 Å². The standard InChI is InChI=1S/C13H19BrN2O/c1-4-13(5-2,6-3)16-12(17)10-7-8-11(14)15-9-10/h7-9H,4-6H2,1-3H3,(H,16,17). The predicted molar refractivity (Wildman–Crippen MR) is 73.0 cm³/mol. The Balaban J connectivity index is 2.81. The highest BCUT2D eigenvalue weighted by Crippen LogP contribution is 2.20. The van der Waals surface area contributed by atoms with Crippen molar-refractivity contribution in [2.45, 2.75) is 45.6 Å². The first-order chi connectivity index (χ1) is 8.06. The maximum atomic E-state index is 12.1. The summed E-state index contributed by atoms with van der Waals surface area (Å²) < 4.78 is 0.738. The van der Waals surface area contributed by atoms with Crippen LogP contribution in [0.25, 0.3) is 0 Å². The van der Waals surface area contributed by atoms with Gasteiger partial charge in [-0.05, 0) is 47.3 Å². The Morgan fingerprint density at radius 1 is 1.29 bits per heavy atom. The van der Waals surface area contributed by atoms with E-state index in [9.17, 15) is 4.79 Å². The number of hydrogen-bond donors (Lipinski definition) is 1. The van der Waals surface area contributed by atoms with Crippen molar-refractivity contribution >= 4 is 21.8 Å². The van der Waals surface area contributed by atoms with Crippen molar-refractivity contribution in [2.24, 2.45) is 0 Å². The van der Waals surface area contributed by atoms with Crippen LogP contribution < -0.4 is 5.32 Å². The minimum atomic E-state index is -0.0931. The van der Waals surface area contributed by atoms with E-state index in [1.165, 1.54) is 0 Å². The van der Waals surface area contributed by atoms with Gasteiger partial charge in [-0.15, -0.1) is 0 Å². The summed E-state index contributed by atoms with van der Waals surface area (Å²) in [4.78, 5) is 16.1. The Morgan fingerprint density at radius 3 is 2.29 bits per heavy atom. The fourth-order valence-electron chi connectivity index (χ4n) is 1.84. The number of pyridine rings is 1. The molecule has 0 atom stereocenters. The second-order valence-corrected chi connectivity index (χ2v) is 4.98. The van der Waals surface area contributed by atoms with Gasteiger partial charge in [0.15, 0.2) is 0 Å². The molecule has 0 bridgehead atoms. The number of carbonyl (C=O) groups excluding carboxylic acids is 1. The van der Waals surface area contributed by atoms with E-state index in [0.29, 0.717) is 5.56 Å². The lowest BCUT2D eigenvalue weighted by atomic mass is 9.89. The summed E-state index contributed by atoms with van der Waals surface area (Å²) in [6, 6.07) is 3.55. The molecule has 1 rings (SSSR count). The molecule has 3 nitrogen and oxygen atoms in total. The molecular formula is C13H19BrN2O. The van der Waals surface area contributed by atoms with E-state index in [4.69, 9.17) is 0 Å². The van der Waals surface area contributed by atoms with E-state index in [-0.39, 0.29) is 11.4 Å². The summed E-state index contributed by atoms with van der Waals surface area (Å²) in [6.45, 7) is 6.31. The molecule has 0 saturated heterocycles. The molecule has 17 heavy (non-hydrogen) atoms. The minimum Gasteiger partial charge on any atom is -0.347 e. The van der Waals surface area contributed by atoms with Gasteiger partial charge in [-0.1, -0.05) is 20.8 Å². The van der Waals surface area contributed by atoms with E-state index in [1.54, 1.807) is 18.3 Å². The smallest absolute Gasteiger partial charge is 0.253 e. The number of aromatic nitrogens is 1. The van der Waals surface area contributed by atoms with Gasteiger partial charge < -0.3 is 5.32 Å². The molecule has 0 aliphatic rings. The number of hydrogen-bond acceptors (Lipinski definition) is 2. The number of amides is 1. The van der Waals surface area contributed by atoms with E-state index in [1.807, 2.05) is 0 Å². The molecule has 0 fully saturated rings. The van der Waals surface area contributed by atoms with Gasteiger partial charge in [0.1, 0.15) is 4.60 Å². The first kappa shape index (κ1) is 14.2. The lowest BCUT2D eigenvalue weighted by Gasteiger charge is -2.31. The van der Waals surface area contributed by atoms with Crippen LogP contribution in [-0.2, 0) is 0 Å². The van der Waals surface area contributed by atoms with Crippen molar-refractivity contribution in [3.05, 3.63) is 28.5 Å². The molecule has 1 amide bonds. The Labute approximate surface area is 111 Å². The van der Waals surface area contributed by atoms with Crippen molar-refractivity contribution in [1.29, 1.82) is 0 Å². The summed E-state index contributed by atoms with van der Waals surface area (Å²) in [6.07, 6.45) is 4.41. The zero-order chi connectivity index (χ0) is 12.9. The maximum Gasteiger partial charge on any atom is 0.253 e. The van der Waals surface area contributed by atoms with E-state index in [0.717, 1.165) is 23.9 Å². The van der Waals surface area contributed by atoms with Crippen LogP contribution >= 0.6 is 15.9 Å². The Kier molecular flexibility index (Phi) is 5.12. The van der Waals surface area contributed by atoms with E-state index in [2.05, 4.69) is 47.0 Å². The molecule has 0 aromatic carbocycles. The van der Waals surface area contributed by atoms with Crippen LogP contribution in [-0.4, -0.2) is 16.4 Å². The average Bonchev–Trinajstić information content (AvgIpc) is 2.37. The Hall–Kier alpha value is -0.900. The molecule has 0 saturated carbocycles. The first-order valence-corrected chi connectivity index (χ1v) is 6.80. The molecular weight excluding hydrogens is 280 g/mol. The van der Waals surface area contributed by atoms with Crippen molar-refractivity contribution in [2.75, 3.05) is 0 Å². The molecule has 1 aromatic rings. The molecule has 0 spiro atoms. The quantitative estimate of drug-likeness (QED) is 0.845. The highest BCUT2D eigenvalue weighted by molar-refractivity contribution is 9.10. The Bertz CT molecular complexity index is 363. The molecule has 0 radical (unpaired) electrons. The van der Waals surface area contributed by atoms with Crippen LogP contribution in [0.1, 0.15) is 50.4 Å². The molecule has 0 aliphatic heterocycles. The lowest BCUT2D eigenvalue weighted by Crippen LogP contribution is -2.47. The van der Waals surface area contributed by atoms with E-state index >= 15 is 0 Å². The van der Waals surface area contributed by atoms with Crippen LogP contribution in [0, 0.1) is 0 Å². The van der Waals surface area contributed by atoms with E-state index < -0.39 is 0 Å². The predicted octanol–water partition coefficient (Wildman–Crippen LogP) is 3.54. The van der Waals surface area contributed by atoms with Crippen molar-refractivity contribution in [3.63, 3.8) is 0 Å². The highest BCUT2D eigenvalue weighted by Gasteiger charge is 2.26. The minimum absolute atomic E-state index is 0.0458. The normalized spacial score (nSPS) is 11.3. The molecule has 1 heterocycles. The molecule has 4 heteroatoms. The van der Waals surface area contributed by atoms with Crippen molar-refractivity contribution < 1.29 is 4.79 Å². The largest absolute Gasteiger partial charge is 0.347 e. The summed E-state index contributed by atoms with van der Waals surface area (Å²) in [7, 11) is 0. The fourth-order valence-corrected chi connectivity index (χ4v) is 2.07. The van der Waals surface area contributed by atoms with Gasteiger partial charge >= 0.3 is 0 Å². The maximum absolute atomic E-state index is 12.1. The van der Waals surface area contributed by atoms with Gasteiger partial charge in [-0.25, -0.2) is 4.98 Å². The lowest BCUT2D eigenvalue weighted by molar-refractivity contribution is 0.0888. The van der Waals surface area contributed by atoms with Crippen LogP contribution in [0.15, 0.2) is 22.9 Å². The van der Waals surface area contributed by atoms with Gasteiger partial charge in [0.2, 0.25) is 0 Å². The van der Waals surface area contributed by atoms with Crippen molar-refractivity contribution in [3.8, 4) is 0 Å².